The van der Waals surface area contributed by atoms with Crippen LogP contribution in [0, 0.1) is 5.82 Å². The number of nitrogens with one attached hydrogen (secondary N) is 2. The minimum Gasteiger partial charge on any atom is -0.493 e. The molecule has 150 valence electrons. The molecule has 8 heteroatoms. The van der Waals surface area contributed by atoms with E-state index in [1.807, 2.05) is 0 Å². The molecule has 2 aromatic carbocycles. The first-order chi connectivity index (χ1) is 13.9. The lowest BCUT2D eigenvalue weighted by atomic mass is 9.84. The summed E-state index contributed by atoms with van der Waals surface area (Å²) < 4.78 is 18.7. The Morgan fingerprint density at radius 3 is 2.72 bits per heavy atom. The number of carbonyl (C=O) groups is 3. The number of halogens is 1. The highest BCUT2D eigenvalue weighted by molar-refractivity contribution is 6.09. The van der Waals surface area contributed by atoms with Gasteiger partial charge >= 0.3 is 6.03 Å². The normalized spacial score (nSPS) is 21.4. The summed E-state index contributed by atoms with van der Waals surface area (Å²) in [6.45, 7) is 1.62. The number of nitrogens with zero attached hydrogens (tertiary/aromatic N) is 1. The van der Waals surface area contributed by atoms with Crippen molar-refractivity contribution >= 4 is 17.8 Å². The van der Waals surface area contributed by atoms with Crippen LogP contribution in [0.2, 0.25) is 0 Å². The number of rotatable bonds is 4. The molecule has 2 heterocycles. The molecular weight excluding hydrogens is 377 g/mol. The molecule has 2 aliphatic rings. The van der Waals surface area contributed by atoms with Crippen molar-refractivity contribution in [2.75, 3.05) is 13.2 Å². The SMILES string of the molecule is C[C@H](NC(=O)CN1C(=O)N[C@]2(CCOc3ccccc32)C1=O)c1ccc(F)cc1. The van der Waals surface area contributed by atoms with Gasteiger partial charge in [-0.05, 0) is 30.7 Å². The van der Waals surface area contributed by atoms with E-state index in [2.05, 4.69) is 10.6 Å². The number of hydrogen-bond donors (Lipinski definition) is 2. The standard InChI is InChI=1S/C21H20FN3O4/c1-13(14-6-8-15(22)9-7-14)23-18(26)12-25-19(27)21(24-20(25)28)10-11-29-17-5-3-2-4-16(17)21/h2-9,13H,10-12H2,1H3,(H,23,26)(H,24,28)/t13-,21-/m0/s1. The van der Waals surface area contributed by atoms with Gasteiger partial charge < -0.3 is 15.4 Å². The molecule has 4 rings (SSSR count). The van der Waals surface area contributed by atoms with Gasteiger partial charge in [-0.3, -0.25) is 14.5 Å². The molecule has 2 aromatic rings. The zero-order valence-corrected chi connectivity index (χ0v) is 15.8. The maximum Gasteiger partial charge on any atom is 0.325 e. The zero-order chi connectivity index (χ0) is 20.6. The first-order valence-corrected chi connectivity index (χ1v) is 9.32. The van der Waals surface area contributed by atoms with E-state index in [1.54, 1.807) is 43.3 Å². The van der Waals surface area contributed by atoms with Gasteiger partial charge in [-0.1, -0.05) is 30.3 Å². The fourth-order valence-electron chi connectivity index (χ4n) is 3.78. The van der Waals surface area contributed by atoms with Crippen molar-refractivity contribution in [1.82, 2.24) is 15.5 Å². The van der Waals surface area contributed by atoms with Crippen molar-refractivity contribution in [2.24, 2.45) is 0 Å². The van der Waals surface area contributed by atoms with E-state index in [-0.39, 0.29) is 12.4 Å². The zero-order valence-electron chi connectivity index (χ0n) is 15.8. The summed E-state index contributed by atoms with van der Waals surface area (Å²) in [5.41, 5.74) is 0.0911. The van der Waals surface area contributed by atoms with E-state index >= 15 is 0 Å². The predicted octanol–water partition coefficient (Wildman–Crippen LogP) is 2.23. The third-order valence-electron chi connectivity index (χ3n) is 5.31. The van der Waals surface area contributed by atoms with Gasteiger partial charge in [0.15, 0.2) is 5.54 Å². The minimum atomic E-state index is -1.21. The van der Waals surface area contributed by atoms with Gasteiger partial charge in [0.25, 0.3) is 5.91 Å². The maximum absolute atomic E-state index is 13.1. The van der Waals surface area contributed by atoms with Gasteiger partial charge in [-0.15, -0.1) is 0 Å². The summed E-state index contributed by atoms with van der Waals surface area (Å²) in [7, 11) is 0. The van der Waals surface area contributed by atoms with Crippen molar-refractivity contribution in [3.63, 3.8) is 0 Å². The molecule has 1 spiro atoms. The number of benzene rings is 2. The lowest BCUT2D eigenvalue weighted by Crippen LogP contribution is -2.48. The van der Waals surface area contributed by atoms with E-state index in [9.17, 15) is 18.8 Å². The fourth-order valence-corrected chi connectivity index (χ4v) is 3.78. The highest BCUT2D eigenvalue weighted by Crippen LogP contribution is 2.40. The molecule has 0 radical (unpaired) electrons. The molecule has 4 amide bonds. The van der Waals surface area contributed by atoms with Crippen LogP contribution in [0.3, 0.4) is 0 Å². The lowest BCUT2D eigenvalue weighted by Gasteiger charge is -2.33. The largest absolute Gasteiger partial charge is 0.493 e. The van der Waals surface area contributed by atoms with Crippen LogP contribution in [0.1, 0.15) is 30.5 Å². The fraction of sp³-hybridized carbons (Fsp3) is 0.286. The van der Waals surface area contributed by atoms with Crippen molar-refractivity contribution in [1.29, 1.82) is 0 Å². The summed E-state index contributed by atoms with van der Waals surface area (Å²) in [6, 6.07) is 11.8. The Morgan fingerprint density at radius 2 is 1.97 bits per heavy atom. The van der Waals surface area contributed by atoms with Crippen LogP contribution in [0.15, 0.2) is 48.5 Å². The molecule has 0 saturated carbocycles. The number of imide groups is 1. The Kier molecular flexibility index (Phi) is 4.70. The number of ether oxygens (including phenoxy) is 1. The third-order valence-corrected chi connectivity index (χ3v) is 5.31. The Balaban J connectivity index is 1.49. The van der Waals surface area contributed by atoms with Gasteiger partial charge in [0, 0.05) is 12.0 Å². The monoisotopic (exact) mass is 397 g/mol. The Labute approximate surface area is 166 Å². The van der Waals surface area contributed by atoms with E-state index < -0.39 is 36.0 Å². The van der Waals surface area contributed by atoms with Crippen molar-refractivity contribution in [3.05, 3.63) is 65.5 Å². The van der Waals surface area contributed by atoms with Crippen LogP contribution in [-0.4, -0.2) is 35.9 Å². The molecule has 7 nitrogen and oxygen atoms in total. The molecule has 1 fully saturated rings. The minimum absolute atomic E-state index is 0.282. The summed E-state index contributed by atoms with van der Waals surface area (Å²) in [6.07, 6.45) is 0.290. The quantitative estimate of drug-likeness (QED) is 0.775. The Bertz CT molecular complexity index is 978. The van der Waals surface area contributed by atoms with Gasteiger partial charge in [-0.25, -0.2) is 9.18 Å². The average molecular weight is 397 g/mol. The van der Waals surface area contributed by atoms with Crippen LogP contribution >= 0.6 is 0 Å². The molecule has 0 aliphatic carbocycles. The van der Waals surface area contributed by atoms with E-state index in [1.165, 1.54) is 12.1 Å². The molecule has 0 aromatic heterocycles. The molecule has 1 saturated heterocycles. The first kappa shape index (κ1) is 18.9. The number of urea groups is 1. The second-order valence-corrected chi connectivity index (χ2v) is 7.16. The van der Waals surface area contributed by atoms with Crippen LogP contribution in [0.4, 0.5) is 9.18 Å². The first-order valence-electron chi connectivity index (χ1n) is 9.32. The van der Waals surface area contributed by atoms with Crippen LogP contribution in [-0.2, 0) is 15.1 Å². The summed E-state index contributed by atoms with van der Waals surface area (Å²) >= 11 is 0. The number of hydrogen-bond acceptors (Lipinski definition) is 4. The summed E-state index contributed by atoms with van der Waals surface area (Å²) in [5.74, 6) is -0.775. The molecule has 2 N–H and O–H groups in total. The number of fused-ring (bicyclic) bond motifs is 2. The Hall–Kier alpha value is -3.42. The molecule has 2 aliphatic heterocycles. The average Bonchev–Trinajstić information content (AvgIpc) is 2.93. The molecule has 29 heavy (non-hydrogen) atoms. The van der Waals surface area contributed by atoms with E-state index in [4.69, 9.17) is 4.74 Å². The topological polar surface area (TPSA) is 87.7 Å². The van der Waals surface area contributed by atoms with E-state index in [0.717, 1.165) is 4.90 Å². The third kappa shape index (κ3) is 3.30. The molecule has 2 atom stereocenters. The summed E-state index contributed by atoms with van der Waals surface area (Å²) in [5, 5.41) is 5.49. The van der Waals surface area contributed by atoms with Gasteiger partial charge in [0.05, 0.1) is 12.6 Å². The molecule has 0 unspecified atom stereocenters. The Morgan fingerprint density at radius 1 is 1.24 bits per heavy atom. The highest BCUT2D eigenvalue weighted by Gasteiger charge is 2.55. The number of carbonyl (C=O) groups excluding carboxylic acids is 3. The van der Waals surface area contributed by atoms with Crippen molar-refractivity contribution in [2.45, 2.75) is 24.9 Å². The smallest absolute Gasteiger partial charge is 0.325 e. The highest BCUT2D eigenvalue weighted by atomic mass is 19.1. The summed E-state index contributed by atoms with van der Waals surface area (Å²) in [4.78, 5) is 39.1. The van der Waals surface area contributed by atoms with E-state index in [0.29, 0.717) is 23.3 Å². The van der Waals surface area contributed by atoms with Crippen LogP contribution < -0.4 is 15.4 Å². The van der Waals surface area contributed by atoms with Gasteiger partial charge in [0.2, 0.25) is 5.91 Å². The number of para-hydroxylation sites is 1. The second kappa shape index (κ2) is 7.20. The van der Waals surface area contributed by atoms with Crippen molar-refractivity contribution in [3.8, 4) is 5.75 Å². The maximum atomic E-state index is 13.1. The lowest BCUT2D eigenvalue weighted by molar-refractivity contribution is -0.136. The van der Waals surface area contributed by atoms with Crippen LogP contribution in [0.5, 0.6) is 5.75 Å². The van der Waals surface area contributed by atoms with Gasteiger partial charge in [0.1, 0.15) is 18.1 Å². The van der Waals surface area contributed by atoms with Gasteiger partial charge in [-0.2, -0.15) is 0 Å². The van der Waals surface area contributed by atoms with Crippen LogP contribution in [0.25, 0.3) is 0 Å². The predicted molar refractivity (Wildman–Crippen MR) is 101 cm³/mol. The molecular formula is C21H20FN3O4. The van der Waals surface area contributed by atoms with Crippen molar-refractivity contribution < 1.29 is 23.5 Å². The number of amides is 4. The molecule has 0 bridgehead atoms. The second-order valence-electron chi connectivity index (χ2n) is 7.16.